The minimum atomic E-state index is 0.230. The average molecular weight is 280 g/mol. The first-order valence-corrected chi connectivity index (χ1v) is 8.19. The Morgan fingerprint density at radius 1 is 1.26 bits per heavy atom. The highest BCUT2D eigenvalue weighted by molar-refractivity contribution is 8.00. The third kappa shape index (κ3) is 4.51. The predicted octanol–water partition coefficient (Wildman–Crippen LogP) is 3.88. The normalized spacial score (nSPS) is 26.7. The van der Waals surface area contributed by atoms with Crippen LogP contribution < -0.4 is 0 Å². The molecule has 1 saturated heterocycles. The average Bonchev–Trinajstić information content (AvgIpc) is 2.80. The molecule has 1 aliphatic rings. The van der Waals surface area contributed by atoms with Gasteiger partial charge in [0.25, 0.3) is 0 Å². The predicted molar refractivity (Wildman–Crippen MR) is 80.6 cm³/mol. The van der Waals surface area contributed by atoms with Crippen LogP contribution in [0.2, 0.25) is 0 Å². The van der Waals surface area contributed by atoms with Crippen molar-refractivity contribution in [2.45, 2.75) is 61.4 Å². The Balaban J connectivity index is 1.94. The lowest BCUT2D eigenvalue weighted by Gasteiger charge is -2.17. The Hall–Kier alpha value is -0.510. The molecule has 1 heterocycles. The SMILES string of the molecule is CCCC[C@@H]1O[C@H](CCO)C[C@@H]1Sc1ccccc1. The molecule has 0 aromatic heterocycles. The number of hydrogen-bond acceptors (Lipinski definition) is 3. The summed E-state index contributed by atoms with van der Waals surface area (Å²) in [6, 6.07) is 10.6. The van der Waals surface area contributed by atoms with Crippen LogP contribution in [0.25, 0.3) is 0 Å². The topological polar surface area (TPSA) is 29.5 Å². The van der Waals surface area contributed by atoms with Gasteiger partial charge >= 0.3 is 0 Å². The Bertz CT molecular complexity index is 355. The number of aliphatic hydroxyl groups excluding tert-OH is 1. The van der Waals surface area contributed by atoms with E-state index in [9.17, 15) is 0 Å². The fraction of sp³-hybridized carbons (Fsp3) is 0.625. The molecular formula is C16H24O2S. The molecule has 106 valence electrons. The molecule has 0 spiro atoms. The van der Waals surface area contributed by atoms with E-state index in [-0.39, 0.29) is 12.7 Å². The van der Waals surface area contributed by atoms with Gasteiger partial charge in [-0.1, -0.05) is 38.0 Å². The molecule has 3 heteroatoms. The van der Waals surface area contributed by atoms with Gasteiger partial charge < -0.3 is 9.84 Å². The van der Waals surface area contributed by atoms with E-state index in [4.69, 9.17) is 9.84 Å². The van der Waals surface area contributed by atoms with Crippen LogP contribution in [0.5, 0.6) is 0 Å². The molecule has 3 atom stereocenters. The molecule has 1 aromatic carbocycles. The number of rotatable bonds is 7. The van der Waals surface area contributed by atoms with Gasteiger partial charge in [-0.25, -0.2) is 0 Å². The second-order valence-electron chi connectivity index (χ2n) is 5.16. The monoisotopic (exact) mass is 280 g/mol. The third-order valence-electron chi connectivity index (χ3n) is 3.60. The summed E-state index contributed by atoms with van der Waals surface area (Å²) in [6.45, 7) is 2.45. The van der Waals surface area contributed by atoms with Crippen molar-refractivity contribution < 1.29 is 9.84 Å². The van der Waals surface area contributed by atoms with Crippen molar-refractivity contribution in [3.05, 3.63) is 30.3 Å². The van der Waals surface area contributed by atoms with E-state index in [1.54, 1.807) is 0 Å². The minimum Gasteiger partial charge on any atom is -0.396 e. The number of benzene rings is 1. The van der Waals surface area contributed by atoms with Crippen molar-refractivity contribution in [3.63, 3.8) is 0 Å². The van der Waals surface area contributed by atoms with Gasteiger partial charge in [0.1, 0.15) is 0 Å². The van der Waals surface area contributed by atoms with Crippen LogP contribution in [-0.4, -0.2) is 29.2 Å². The standard InChI is InChI=1S/C16H24O2S/c1-2-3-9-15-16(12-13(18-15)10-11-17)19-14-7-5-4-6-8-14/h4-8,13,15-17H,2-3,9-12H2,1H3/t13-,15+,16+/m1/s1. The van der Waals surface area contributed by atoms with Gasteiger partial charge in [0.2, 0.25) is 0 Å². The van der Waals surface area contributed by atoms with Crippen molar-refractivity contribution in [2.24, 2.45) is 0 Å². The molecule has 19 heavy (non-hydrogen) atoms. The first-order chi connectivity index (χ1) is 9.33. The summed E-state index contributed by atoms with van der Waals surface area (Å²) in [5.74, 6) is 0. The highest BCUT2D eigenvalue weighted by Crippen LogP contribution is 2.38. The minimum absolute atomic E-state index is 0.230. The molecule has 2 nitrogen and oxygen atoms in total. The molecule has 1 fully saturated rings. The first-order valence-electron chi connectivity index (χ1n) is 7.31. The molecule has 0 unspecified atom stereocenters. The summed E-state index contributed by atoms with van der Waals surface area (Å²) in [5, 5.41) is 9.61. The van der Waals surface area contributed by atoms with Gasteiger partial charge in [0.15, 0.2) is 0 Å². The van der Waals surface area contributed by atoms with Gasteiger partial charge in [-0.15, -0.1) is 11.8 Å². The quantitative estimate of drug-likeness (QED) is 0.822. The second kappa shape index (κ2) is 7.93. The Kier molecular flexibility index (Phi) is 6.21. The van der Waals surface area contributed by atoms with E-state index in [0.717, 1.165) is 19.3 Å². The molecule has 1 N–H and O–H groups in total. The summed E-state index contributed by atoms with van der Waals surface area (Å²) in [4.78, 5) is 1.32. The van der Waals surface area contributed by atoms with Crippen LogP contribution in [0, 0.1) is 0 Å². The van der Waals surface area contributed by atoms with E-state index in [2.05, 4.69) is 37.3 Å². The number of ether oxygens (including phenoxy) is 1. The maximum absolute atomic E-state index is 9.08. The molecule has 0 amide bonds. The van der Waals surface area contributed by atoms with Crippen molar-refractivity contribution >= 4 is 11.8 Å². The lowest BCUT2D eigenvalue weighted by atomic mass is 10.1. The van der Waals surface area contributed by atoms with Crippen molar-refractivity contribution in [2.75, 3.05) is 6.61 Å². The molecule has 0 bridgehead atoms. The van der Waals surface area contributed by atoms with Gasteiger partial charge in [-0.3, -0.25) is 0 Å². The van der Waals surface area contributed by atoms with Gasteiger partial charge in [0.05, 0.1) is 12.2 Å². The smallest absolute Gasteiger partial charge is 0.0701 e. The number of aliphatic hydroxyl groups is 1. The fourth-order valence-electron chi connectivity index (χ4n) is 2.59. The summed E-state index contributed by atoms with van der Waals surface area (Å²) in [6.07, 6.45) is 6.01. The van der Waals surface area contributed by atoms with Crippen LogP contribution in [-0.2, 0) is 4.74 Å². The summed E-state index contributed by atoms with van der Waals surface area (Å²) in [5.41, 5.74) is 0. The lowest BCUT2D eigenvalue weighted by Crippen LogP contribution is -2.18. The van der Waals surface area contributed by atoms with Crippen molar-refractivity contribution in [3.8, 4) is 0 Å². The molecule has 1 aromatic rings. The summed E-state index contributed by atoms with van der Waals surface area (Å²) < 4.78 is 6.11. The number of hydrogen-bond donors (Lipinski definition) is 1. The maximum Gasteiger partial charge on any atom is 0.0701 e. The Morgan fingerprint density at radius 2 is 2.05 bits per heavy atom. The van der Waals surface area contributed by atoms with Crippen LogP contribution >= 0.6 is 11.8 Å². The second-order valence-corrected chi connectivity index (χ2v) is 6.47. The van der Waals surface area contributed by atoms with E-state index in [1.807, 2.05) is 11.8 Å². The van der Waals surface area contributed by atoms with E-state index < -0.39 is 0 Å². The highest BCUT2D eigenvalue weighted by atomic mass is 32.2. The summed E-state index contributed by atoms with van der Waals surface area (Å²) in [7, 11) is 0. The fourth-order valence-corrected chi connectivity index (χ4v) is 3.91. The van der Waals surface area contributed by atoms with Gasteiger partial charge in [0, 0.05) is 16.8 Å². The Labute approximate surface area is 120 Å². The molecular weight excluding hydrogens is 256 g/mol. The van der Waals surface area contributed by atoms with E-state index >= 15 is 0 Å². The molecule has 0 aliphatic carbocycles. The van der Waals surface area contributed by atoms with Crippen LogP contribution in [0.1, 0.15) is 39.0 Å². The van der Waals surface area contributed by atoms with Crippen LogP contribution in [0.4, 0.5) is 0 Å². The van der Waals surface area contributed by atoms with Crippen molar-refractivity contribution in [1.82, 2.24) is 0 Å². The van der Waals surface area contributed by atoms with Crippen LogP contribution in [0.15, 0.2) is 35.2 Å². The zero-order valence-corrected chi connectivity index (χ0v) is 12.4. The third-order valence-corrected chi connectivity index (χ3v) is 4.94. The van der Waals surface area contributed by atoms with E-state index in [1.165, 1.54) is 17.7 Å². The molecule has 2 rings (SSSR count). The number of thioether (sulfide) groups is 1. The zero-order valence-electron chi connectivity index (χ0n) is 11.6. The first kappa shape index (κ1) is 14.9. The van der Waals surface area contributed by atoms with Gasteiger partial charge in [-0.05, 0) is 31.4 Å². The van der Waals surface area contributed by atoms with Crippen molar-refractivity contribution in [1.29, 1.82) is 0 Å². The zero-order chi connectivity index (χ0) is 13.5. The largest absolute Gasteiger partial charge is 0.396 e. The maximum atomic E-state index is 9.08. The lowest BCUT2D eigenvalue weighted by molar-refractivity contribution is 0.0272. The molecule has 0 radical (unpaired) electrons. The molecule has 1 aliphatic heterocycles. The van der Waals surface area contributed by atoms with Crippen LogP contribution in [0.3, 0.4) is 0 Å². The highest BCUT2D eigenvalue weighted by Gasteiger charge is 2.34. The summed E-state index contributed by atoms with van der Waals surface area (Å²) >= 11 is 1.93. The molecule has 0 saturated carbocycles. The van der Waals surface area contributed by atoms with E-state index in [0.29, 0.717) is 11.4 Å². The number of unbranched alkanes of at least 4 members (excludes halogenated alkanes) is 1. The van der Waals surface area contributed by atoms with Gasteiger partial charge in [-0.2, -0.15) is 0 Å². The Morgan fingerprint density at radius 3 is 2.74 bits per heavy atom.